The Morgan fingerprint density at radius 1 is 1.11 bits per heavy atom. The lowest BCUT2D eigenvalue weighted by Gasteiger charge is -2.02. The van der Waals surface area contributed by atoms with E-state index in [-0.39, 0.29) is 0 Å². The highest BCUT2D eigenvalue weighted by Crippen LogP contribution is 2.17. The monoisotopic (exact) mass is 300 g/mol. The van der Waals surface area contributed by atoms with Crippen LogP contribution in [0.25, 0.3) is 5.65 Å². The van der Waals surface area contributed by atoms with Gasteiger partial charge in [-0.3, -0.25) is 4.40 Å². The molecule has 18 heavy (non-hydrogen) atoms. The van der Waals surface area contributed by atoms with Gasteiger partial charge in [0.2, 0.25) is 0 Å². The summed E-state index contributed by atoms with van der Waals surface area (Å²) in [5, 5.41) is 0. The van der Waals surface area contributed by atoms with Crippen molar-refractivity contribution in [2.45, 2.75) is 13.3 Å². The lowest BCUT2D eigenvalue weighted by molar-refractivity contribution is 1.09. The SMILES string of the molecule is Cc1ccccc1Cc1cn2c(Br)cccc2n1. The van der Waals surface area contributed by atoms with Crippen molar-refractivity contribution in [2.24, 2.45) is 0 Å². The maximum absolute atomic E-state index is 4.64. The zero-order chi connectivity index (χ0) is 12.5. The van der Waals surface area contributed by atoms with Gasteiger partial charge in [-0.05, 0) is 46.1 Å². The first kappa shape index (κ1) is 11.5. The quantitative estimate of drug-likeness (QED) is 0.654. The van der Waals surface area contributed by atoms with Crippen LogP contribution in [0.15, 0.2) is 53.3 Å². The molecule has 0 fully saturated rings. The Morgan fingerprint density at radius 2 is 1.94 bits per heavy atom. The predicted molar refractivity (Wildman–Crippen MR) is 76.9 cm³/mol. The molecule has 2 aromatic heterocycles. The molecule has 3 heteroatoms. The molecule has 0 saturated carbocycles. The fourth-order valence-corrected chi connectivity index (χ4v) is 2.55. The number of fused-ring (bicyclic) bond motifs is 1. The molecule has 0 amide bonds. The van der Waals surface area contributed by atoms with Crippen LogP contribution in [0.4, 0.5) is 0 Å². The van der Waals surface area contributed by atoms with Gasteiger partial charge in [0, 0.05) is 12.6 Å². The third kappa shape index (κ3) is 2.06. The zero-order valence-corrected chi connectivity index (χ0v) is 11.7. The second-order valence-corrected chi connectivity index (χ2v) is 5.22. The Bertz CT molecular complexity index is 701. The topological polar surface area (TPSA) is 17.3 Å². The predicted octanol–water partition coefficient (Wildman–Crippen LogP) is 4.00. The van der Waals surface area contributed by atoms with Crippen LogP contribution < -0.4 is 0 Å². The number of halogens is 1. The number of aryl methyl sites for hydroxylation is 1. The highest BCUT2D eigenvalue weighted by molar-refractivity contribution is 9.10. The molecule has 3 rings (SSSR count). The second-order valence-electron chi connectivity index (χ2n) is 4.41. The van der Waals surface area contributed by atoms with Crippen LogP contribution in [-0.4, -0.2) is 9.38 Å². The van der Waals surface area contributed by atoms with Crippen molar-refractivity contribution < 1.29 is 0 Å². The molecule has 0 aliphatic heterocycles. The molecule has 0 aliphatic rings. The van der Waals surface area contributed by atoms with Crippen molar-refractivity contribution >= 4 is 21.6 Å². The average Bonchev–Trinajstić information content (AvgIpc) is 2.76. The molecule has 2 nitrogen and oxygen atoms in total. The largest absolute Gasteiger partial charge is 0.294 e. The molecular formula is C15H13BrN2. The van der Waals surface area contributed by atoms with Gasteiger partial charge in [-0.15, -0.1) is 0 Å². The highest BCUT2D eigenvalue weighted by Gasteiger charge is 2.05. The second kappa shape index (κ2) is 4.58. The van der Waals surface area contributed by atoms with Crippen molar-refractivity contribution in [3.8, 4) is 0 Å². The van der Waals surface area contributed by atoms with Gasteiger partial charge in [0.1, 0.15) is 5.65 Å². The number of rotatable bonds is 2. The molecule has 3 aromatic rings. The molecule has 0 spiro atoms. The average molecular weight is 301 g/mol. The maximum atomic E-state index is 4.64. The Morgan fingerprint density at radius 3 is 2.72 bits per heavy atom. The lowest BCUT2D eigenvalue weighted by Crippen LogP contribution is -1.91. The van der Waals surface area contributed by atoms with Crippen molar-refractivity contribution in [3.63, 3.8) is 0 Å². The molecule has 1 aromatic carbocycles. The Hall–Kier alpha value is -1.61. The minimum Gasteiger partial charge on any atom is -0.294 e. The summed E-state index contributed by atoms with van der Waals surface area (Å²) in [5.74, 6) is 0. The molecule has 0 saturated heterocycles. The Labute approximate surface area is 114 Å². The van der Waals surface area contributed by atoms with Crippen LogP contribution in [0.1, 0.15) is 16.8 Å². The first-order valence-corrected chi connectivity index (χ1v) is 6.70. The molecule has 2 heterocycles. The summed E-state index contributed by atoms with van der Waals surface area (Å²) in [6.07, 6.45) is 2.96. The lowest BCUT2D eigenvalue weighted by atomic mass is 10.0. The summed E-state index contributed by atoms with van der Waals surface area (Å²) in [6.45, 7) is 2.14. The summed E-state index contributed by atoms with van der Waals surface area (Å²) in [4.78, 5) is 4.64. The van der Waals surface area contributed by atoms with Gasteiger partial charge in [-0.25, -0.2) is 4.98 Å². The fourth-order valence-electron chi connectivity index (χ4n) is 2.12. The summed E-state index contributed by atoms with van der Waals surface area (Å²) < 4.78 is 3.09. The van der Waals surface area contributed by atoms with Crippen LogP contribution >= 0.6 is 15.9 Å². The number of benzene rings is 1. The van der Waals surface area contributed by atoms with Crippen molar-refractivity contribution in [3.05, 3.63) is 70.1 Å². The van der Waals surface area contributed by atoms with Gasteiger partial charge in [-0.1, -0.05) is 30.3 Å². The normalized spacial score (nSPS) is 11.0. The van der Waals surface area contributed by atoms with E-state index < -0.39 is 0 Å². The third-order valence-electron chi connectivity index (χ3n) is 3.13. The van der Waals surface area contributed by atoms with Crippen LogP contribution in [0, 0.1) is 6.92 Å². The number of nitrogens with zero attached hydrogens (tertiary/aromatic N) is 2. The van der Waals surface area contributed by atoms with E-state index in [0.717, 1.165) is 22.4 Å². The smallest absolute Gasteiger partial charge is 0.137 e. The summed E-state index contributed by atoms with van der Waals surface area (Å²) in [6, 6.07) is 14.5. The fraction of sp³-hybridized carbons (Fsp3) is 0.133. The molecular weight excluding hydrogens is 288 g/mol. The molecule has 0 atom stereocenters. The van der Waals surface area contributed by atoms with E-state index >= 15 is 0 Å². The van der Waals surface area contributed by atoms with Gasteiger partial charge in [-0.2, -0.15) is 0 Å². The molecule has 0 bridgehead atoms. The summed E-state index contributed by atoms with van der Waals surface area (Å²) in [5.41, 5.74) is 4.72. The van der Waals surface area contributed by atoms with E-state index in [4.69, 9.17) is 0 Å². The van der Waals surface area contributed by atoms with E-state index in [2.05, 4.69) is 62.7 Å². The van der Waals surface area contributed by atoms with Crippen LogP contribution in [0.3, 0.4) is 0 Å². The van der Waals surface area contributed by atoms with Gasteiger partial charge >= 0.3 is 0 Å². The number of aromatic nitrogens is 2. The van der Waals surface area contributed by atoms with Crippen molar-refractivity contribution in [1.82, 2.24) is 9.38 Å². The van der Waals surface area contributed by atoms with Gasteiger partial charge in [0.15, 0.2) is 0 Å². The number of imidazole rings is 1. The molecule has 0 N–H and O–H groups in total. The van der Waals surface area contributed by atoms with E-state index in [0.29, 0.717) is 0 Å². The number of hydrogen-bond acceptors (Lipinski definition) is 1. The number of hydrogen-bond donors (Lipinski definition) is 0. The van der Waals surface area contributed by atoms with E-state index in [1.54, 1.807) is 0 Å². The van der Waals surface area contributed by atoms with Crippen LogP contribution in [0.2, 0.25) is 0 Å². The Kier molecular flexibility index (Phi) is 2.92. The van der Waals surface area contributed by atoms with E-state index in [1.165, 1.54) is 11.1 Å². The van der Waals surface area contributed by atoms with Crippen molar-refractivity contribution in [2.75, 3.05) is 0 Å². The Balaban J connectivity index is 2.01. The molecule has 0 aliphatic carbocycles. The number of pyridine rings is 1. The zero-order valence-electron chi connectivity index (χ0n) is 10.1. The van der Waals surface area contributed by atoms with Gasteiger partial charge < -0.3 is 0 Å². The highest BCUT2D eigenvalue weighted by atomic mass is 79.9. The van der Waals surface area contributed by atoms with Crippen LogP contribution in [0.5, 0.6) is 0 Å². The minimum atomic E-state index is 0.876. The molecule has 90 valence electrons. The molecule has 0 radical (unpaired) electrons. The van der Waals surface area contributed by atoms with Crippen LogP contribution in [-0.2, 0) is 6.42 Å². The maximum Gasteiger partial charge on any atom is 0.137 e. The standard InChI is InChI=1S/C15H13BrN2/c1-11-5-2-3-6-12(11)9-13-10-18-14(16)7-4-8-15(18)17-13/h2-8,10H,9H2,1H3. The summed E-state index contributed by atoms with van der Waals surface area (Å²) in [7, 11) is 0. The third-order valence-corrected chi connectivity index (χ3v) is 3.77. The first-order chi connectivity index (χ1) is 8.74. The van der Waals surface area contributed by atoms with E-state index in [1.807, 2.05) is 18.2 Å². The van der Waals surface area contributed by atoms with Crippen molar-refractivity contribution in [1.29, 1.82) is 0 Å². The first-order valence-electron chi connectivity index (χ1n) is 5.91. The molecule has 0 unspecified atom stereocenters. The summed E-state index contributed by atoms with van der Waals surface area (Å²) >= 11 is 3.53. The van der Waals surface area contributed by atoms with Gasteiger partial charge in [0.25, 0.3) is 0 Å². The van der Waals surface area contributed by atoms with Gasteiger partial charge in [0.05, 0.1) is 10.3 Å². The minimum absolute atomic E-state index is 0.876. The van der Waals surface area contributed by atoms with E-state index in [9.17, 15) is 0 Å².